The molecule has 13 heavy (non-hydrogen) atoms. The number of rotatable bonds is 5. The van der Waals surface area contributed by atoms with E-state index in [0.717, 1.165) is 32.2 Å². The number of hydrogen-bond donors (Lipinski definition) is 1. The third-order valence-electron chi connectivity index (χ3n) is 2.81. The lowest BCUT2D eigenvalue weighted by Gasteiger charge is -2.36. The van der Waals surface area contributed by atoms with Crippen molar-refractivity contribution < 1.29 is 4.79 Å². The Bertz CT molecular complexity index is 185. The number of hydrogen-bond acceptors (Lipinski definition) is 3. The Morgan fingerprint density at radius 3 is 2.46 bits per heavy atom. The second-order valence-corrected chi connectivity index (χ2v) is 4.34. The molecule has 2 N–H and O–H groups in total. The van der Waals surface area contributed by atoms with Gasteiger partial charge in [0.2, 0.25) is 0 Å². The number of Topliss-reactive ketones (excluding diaryl/α,β-unsaturated/α-hetero) is 1. The van der Waals surface area contributed by atoms with Gasteiger partial charge in [0.15, 0.2) is 5.78 Å². The van der Waals surface area contributed by atoms with E-state index in [9.17, 15) is 4.79 Å². The molecule has 3 nitrogen and oxygen atoms in total. The maximum absolute atomic E-state index is 11.6. The van der Waals surface area contributed by atoms with E-state index in [0.29, 0.717) is 6.42 Å². The summed E-state index contributed by atoms with van der Waals surface area (Å²) >= 11 is 0. The van der Waals surface area contributed by atoms with Gasteiger partial charge in [0.05, 0.1) is 5.54 Å². The van der Waals surface area contributed by atoms with Crippen LogP contribution in [0.25, 0.3) is 0 Å². The lowest BCUT2D eigenvalue weighted by atomic mass is 9.73. The molecular formula is C10H20N2O. The van der Waals surface area contributed by atoms with Gasteiger partial charge in [-0.3, -0.25) is 4.79 Å². The maximum atomic E-state index is 11.6. The Balaban J connectivity index is 2.18. The summed E-state index contributed by atoms with van der Waals surface area (Å²) in [6.07, 6.45) is 4.50. The average molecular weight is 184 g/mol. The first-order valence-corrected chi connectivity index (χ1v) is 5.01. The molecule has 0 spiro atoms. The highest BCUT2D eigenvalue weighted by molar-refractivity contribution is 5.89. The van der Waals surface area contributed by atoms with Crippen molar-refractivity contribution in [3.8, 4) is 0 Å². The Labute approximate surface area is 80.3 Å². The van der Waals surface area contributed by atoms with Gasteiger partial charge < -0.3 is 10.6 Å². The molecule has 0 radical (unpaired) electrons. The van der Waals surface area contributed by atoms with Crippen molar-refractivity contribution in [1.82, 2.24) is 4.90 Å². The quantitative estimate of drug-likeness (QED) is 0.686. The van der Waals surface area contributed by atoms with Gasteiger partial charge in [-0.05, 0) is 46.3 Å². The average Bonchev–Trinajstić information content (AvgIpc) is 1.99. The molecule has 1 aliphatic carbocycles. The monoisotopic (exact) mass is 184 g/mol. The zero-order valence-corrected chi connectivity index (χ0v) is 8.68. The van der Waals surface area contributed by atoms with Gasteiger partial charge >= 0.3 is 0 Å². The highest BCUT2D eigenvalue weighted by Crippen LogP contribution is 2.31. The van der Waals surface area contributed by atoms with Crippen LogP contribution < -0.4 is 5.73 Å². The van der Waals surface area contributed by atoms with Gasteiger partial charge in [0.1, 0.15) is 0 Å². The molecule has 0 saturated heterocycles. The van der Waals surface area contributed by atoms with Crippen molar-refractivity contribution in [2.24, 2.45) is 5.73 Å². The predicted molar refractivity (Wildman–Crippen MR) is 53.6 cm³/mol. The highest BCUT2D eigenvalue weighted by atomic mass is 16.1. The number of nitrogens with two attached hydrogens (primary N) is 1. The molecule has 0 aromatic rings. The maximum Gasteiger partial charge on any atom is 0.152 e. The molecule has 0 heterocycles. The van der Waals surface area contributed by atoms with Crippen LogP contribution in [0.4, 0.5) is 0 Å². The normalized spacial score (nSPS) is 20.0. The van der Waals surface area contributed by atoms with Gasteiger partial charge in [-0.25, -0.2) is 0 Å². The van der Waals surface area contributed by atoms with Crippen molar-refractivity contribution in [2.75, 3.05) is 20.6 Å². The van der Waals surface area contributed by atoms with E-state index in [4.69, 9.17) is 5.73 Å². The van der Waals surface area contributed by atoms with E-state index < -0.39 is 5.54 Å². The molecule has 0 aromatic heterocycles. The Morgan fingerprint density at radius 1 is 1.46 bits per heavy atom. The molecule has 76 valence electrons. The fraction of sp³-hybridized carbons (Fsp3) is 0.900. The first-order chi connectivity index (χ1) is 6.04. The van der Waals surface area contributed by atoms with Gasteiger partial charge in [0, 0.05) is 6.42 Å². The lowest BCUT2D eigenvalue weighted by Crippen LogP contribution is -2.53. The van der Waals surface area contributed by atoms with Crippen molar-refractivity contribution in [2.45, 2.75) is 37.6 Å². The molecular weight excluding hydrogens is 164 g/mol. The minimum Gasteiger partial charge on any atom is -0.319 e. The standard InChI is InChI=1S/C10H20N2O/c1-12(2)8-3-5-9(13)10(11)6-4-7-10/h3-8,11H2,1-2H3. The molecule has 0 aliphatic heterocycles. The fourth-order valence-electron chi connectivity index (χ4n) is 1.64. The van der Waals surface area contributed by atoms with Crippen LogP contribution in [0.2, 0.25) is 0 Å². The summed E-state index contributed by atoms with van der Waals surface area (Å²) in [5.41, 5.74) is 5.46. The summed E-state index contributed by atoms with van der Waals surface area (Å²) in [6, 6.07) is 0. The van der Waals surface area contributed by atoms with Crippen molar-refractivity contribution >= 4 is 5.78 Å². The lowest BCUT2D eigenvalue weighted by molar-refractivity contribution is -0.127. The SMILES string of the molecule is CN(C)CCCC(=O)C1(N)CCC1. The molecule has 0 atom stereocenters. The first-order valence-electron chi connectivity index (χ1n) is 5.01. The number of carbonyl (C=O) groups is 1. The van der Waals surface area contributed by atoms with E-state index >= 15 is 0 Å². The van der Waals surface area contributed by atoms with Crippen LogP contribution in [0.1, 0.15) is 32.1 Å². The zero-order chi connectivity index (χ0) is 9.90. The summed E-state index contributed by atoms with van der Waals surface area (Å²) < 4.78 is 0. The Kier molecular flexibility index (Phi) is 3.45. The van der Waals surface area contributed by atoms with Crippen LogP contribution in [0.5, 0.6) is 0 Å². The molecule has 0 amide bonds. The smallest absolute Gasteiger partial charge is 0.152 e. The minimum atomic E-state index is -0.438. The summed E-state index contributed by atoms with van der Waals surface area (Å²) in [5.74, 6) is 0.264. The van der Waals surface area contributed by atoms with Crippen LogP contribution in [-0.4, -0.2) is 36.9 Å². The molecule has 1 fully saturated rings. The molecule has 0 unspecified atom stereocenters. The van der Waals surface area contributed by atoms with Crippen molar-refractivity contribution in [1.29, 1.82) is 0 Å². The van der Waals surface area contributed by atoms with Crippen LogP contribution >= 0.6 is 0 Å². The fourth-order valence-corrected chi connectivity index (χ4v) is 1.64. The Morgan fingerprint density at radius 2 is 2.08 bits per heavy atom. The summed E-state index contributed by atoms with van der Waals surface area (Å²) in [7, 11) is 4.04. The molecule has 0 aromatic carbocycles. The van der Waals surface area contributed by atoms with E-state index in [1.807, 2.05) is 14.1 Å². The summed E-state index contributed by atoms with van der Waals surface area (Å²) in [5, 5.41) is 0. The van der Waals surface area contributed by atoms with Gasteiger partial charge in [-0.1, -0.05) is 0 Å². The van der Waals surface area contributed by atoms with E-state index in [-0.39, 0.29) is 5.78 Å². The summed E-state index contributed by atoms with van der Waals surface area (Å²) in [4.78, 5) is 13.7. The van der Waals surface area contributed by atoms with E-state index in [1.165, 1.54) is 0 Å². The highest BCUT2D eigenvalue weighted by Gasteiger charge is 2.38. The predicted octanol–water partition coefficient (Wildman–Crippen LogP) is 0.779. The molecule has 1 rings (SSSR count). The third kappa shape index (κ3) is 2.78. The van der Waals surface area contributed by atoms with Crippen molar-refractivity contribution in [3.63, 3.8) is 0 Å². The largest absolute Gasteiger partial charge is 0.319 e. The van der Waals surface area contributed by atoms with Gasteiger partial charge in [-0.2, -0.15) is 0 Å². The van der Waals surface area contributed by atoms with Crippen LogP contribution in [0.3, 0.4) is 0 Å². The second kappa shape index (κ2) is 4.20. The number of ketones is 1. The minimum absolute atomic E-state index is 0.264. The third-order valence-corrected chi connectivity index (χ3v) is 2.81. The van der Waals surface area contributed by atoms with Crippen LogP contribution in [0.15, 0.2) is 0 Å². The Hall–Kier alpha value is -0.410. The molecule has 1 aliphatic rings. The van der Waals surface area contributed by atoms with Crippen LogP contribution in [-0.2, 0) is 4.79 Å². The first kappa shape index (κ1) is 10.7. The number of nitrogens with zero attached hydrogens (tertiary/aromatic N) is 1. The number of carbonyl (C=O) groups excluding carboxylic acids is 1. The molecule has 3 heteroatoms. The van der Waals surface area contributed by atoms with Crippen LogP contribution in [0, 0.1) is 0 Å². The van der Waals surface area contributed by atoms with E-state index in [2.05, 4.69) is 4.90 Å². The summed E-state index contributed by atoms with van der Waals surface area (Å²) in [6.45, 7) is 0.974. The zero-order valence-electron chi connectivity index (χ0n) is 8.68. The second-order valence-electron chi connectivity index (χ2n) is 4.34. The molecule has 0 bridgehead atoms. The molecule has 1 saturated carbocycles. The van der Waals surface area contributed by atoms with Gasteiger partial charge in [0.25, 0.3) is 0 Å². The van der Waals surface area contributed by atoms with Gasteiger partial charge in [-0.15, -0.1) is 0 Å². The van der Waals surface area contributed by atoms with Crippen molar-refractivity contribution in [3.05, 3.63) is 0 Å². The van der Waals surface area contributed by atoms with E-state index in [1.54, 1.807) is 0 Å². The topological polar surface area (TPSA) is 46.3 Å².